The van der Waals surface area contributed by atoms with Crippen LogP contribution >= 0.6 is 12.4 Å². The molecule has 0 N–H and O–H groups in total. The van der Waals surface area contributed by atoms with Crippen molar-refractivity contribution in [3.05, 3.63) is 42.5 Å². The molecule has 0 spiro atoms. The lowest BCUT2D eigenvalue weighted by atomic mass is 10.1. The molecule has 3 rings (SSSR count). The Morgan fingerprint density at radius 2 is 1.65 bits per heavy atom. The van der Waals surface area contributed by atoms with Gasteiger partial charge in [0, 0.05) is 11.9 Å². The third-order valence-electron chi connectivity index (χ3n) is 3.86. The van der Waals surface area contributed by atoms with E-state index in [9.17, 15) is 0 Å². The highest BCUT2D eigenvalue weighted by Crippen LogP contribution is 2.25. The maximum atomic E-state index is 5.98. The zero-order valence-corrected chi connectivity index (χ0v) is 12.6. The minimum absolute atomic E-state index is 0. The van der Waals surface area contributed by atoms with Gasteiger partial charge < -0.3 is 4.74 Å². The molecule has 3 heteroatoms. The Balaban J connectivity index is 0.00000147. The molecule has 0 atom stereocenters. The summed E-state index contributed by atoms with van der Waals surface area (Å²) in [6.07, 6.45) is 4.07. The summed E-state index contributed by atoms with van der Waals surface area (Å²) in [6, 6.07) is 14.7. The van der Waals surface area contributed by atoms with Crippen molar-refractivity contribution < 1.29 is 4.74 Å². The van der Waals surface area contributed by atoms with E-state index in [1.165, 1.54) is 43.1 Å². The van der Waals surface area contributed by atoms with Crippen molar-refractivity contribution in [3.8, 4) is 5.75 Å². The Labute approximate surface area is 127 Å². The predicted molar refractivity (Wildman–Crippen MR) is 87.0 cm³/mol. The van der Waals surface area contributed by atoms with E-state index in [2.05, 4.69) is 47.4 Å². The number of hydrogen-bond acceptors (Lipinski definition) is 2. The van der Waals surface area contributed by atoms with Crippen molar-refractivity contribution in [1.82, 2.24) is 4.90 Å². The van der Waals surface area contributed by atoms with Crippen LogP contribution in [0.1, 0.15) is 19.3 Å². The highest BCUT2D eigenvalue weighted by atomic mass is 35.5. The smallest absolute Gasteiger partial charge is 0.127 e. The Bertz CT molecular complexity index is 532. The van der Waals surface area contributed by atoms with Gasteiger partial charge >= 0.3 is 0 Å². The number of nitrogens with zero attached hydrogens (tertiary/aromatic N) is 1. The minimum Gasteiger partial charge on any atom is -0.492 e. The van der Waals surface area contributed by atoms with E-state index in [1.54, 1.807) is 0 Å². The van der Waals surface area contributed by atoms with Gasteiger partial charge in [-0.05, 0) is 37.4 Å². The van der Waals surface area contributed by atoms with E-state index >= 15 is 0 Å². The number of rotatable bonds is 4. The molecule has 0 radical (unpaired) electrons. The SMILES string of the molecule is Cl.c1ccc2c(OCCN3CCCCC3)cccc2c1. The van der Waals surface area contributed by atoms with E-state index in [0.717, 1.165) is 18.9 Å². The molecule has 0 unspecified atom stereocenters. The summed E-state index contributed by atoms with van der Waals surface area (Å²) in [6.45, 7) is 4.30. The standard InChI is InChI=1S/C17H21NO.ClH/c1-4-11-18(12-5-1)13-14-19-17-10-6-8-15-7-2-3-9-16(15)17;/h2-3,6-10H,1,4-5,11-14H2;1H. The van der Waals surface area contributed by atoms with E-state index in [1.807, 2.05) is 0 Å². The molecule has 0 aliphatic carbocycles. The third kappa shape index (κ3) is 3.65. The summed E-state index contributed by atoms with van der Waals surface area (Å²) >= 11 is 0. The number of piperidine rings is 1. The highest BCUT2D eigenvalue weighted by molar-refractivity contribution is 5.88. The first-order valence-corrected chi connectivity index (χ1v) is 7.26. The Morgan fingerprint density at radius 3 is 2.50 bits per heavy atom. The van der Waals surface area contributed by atoms with Gasteiger partial charge in [-0.25, -0.2) is 0 Å². The molecule has 1 aliphatic heterocycles. The molecule has 0 saturated carbocycles. The van der Waals surface area contributed by atoms with Crippen molar-refractivity contribution in [2.24, 2.45) is 0 Å². The molecule has 108 valence electrons. The Kier molecular flexibility index (Phi) is 5.69. The third-order valence-corrected chi connectivity index (χ3v) is 3.86. The fourth-order valence-corrected chi connectivity index (χ4v) is 2.79. The molecule has 0 aromatic heterocycles. The molecule has 1 saturated heterocycles. The second-order valence-corrected chi connectivity index (χ2v) is 5.23. The molecule has 1 fully saturated rings. The van der Waals surface area contributed by atoms with Crippen molar-refractivity contribution in [2.75, 3.05) is 26.2 Å². The summed E-state index contributed by atoms with van der Waals surface area (Å²) in [4.78, 5) is 2.51. The van der Waals surface area contributed by atoms with Crippen LogP contribution in [0.2, 0.25) is 0 Å². The molecule has 2 aromatic carbocycles. The summed E-state index contributed by atoms with van der Waals surface area (Å²) in [5.41, 5.74) is 0. The van der Waals surface area contributed by atoms with Gasteiger partial charge in [-0.2, -0.15) is 0 Å². The summed E-state index contributed by atoms with van der Waals surface area (Å²) in [7, 11) is 0. The normalized spacial score (nSPS) is 15.8. The van der Waals surface area contributed by atoms with E-state index < -0.39 is 0 Å². The molecular formula is C17H22ClNO. The van der Waals surface area contributed by atoms with Gasteiger partial charge in [0.1, 0.15) is 12.4 Å². The highest BCUT2D eigenvalue weighted by Gasteiger charge is 2.09. The molecule has 0 amide bonds. The van der Waals surface area contributed by atoms with Crippen LogP contribution in [0.15, 0.2) is 42.5 Å². The molecule has 20 heavy (non-hydrogen) atoms. The largest absolute Gasteiger partial charge is 0.492 e. The Hall–Kier alpha value is -1.25. The number of halogens is 1. The average molecular weight is 292 g/mol. The quantitative estimate of drug-likeness (QED) is 0.840. The number of benzene rings is 2. The number of ether oxygens (including phenoxy) is 1. The minimum atomic E-state index is 0. The van der Waals surface area contributed by atoms with E-state index in [4.69, 9.17) is 4.74 Å². The fourth-order valence-electron chi connectivity index (χ4n) is 2.79. The first-order chi connectivity index (χ1) is 9.43. The van der Waals surface area contributed by atoms with Crippen molar-refractivity contribution in [3.63, 3.8) is 0 Å². The molecule has 1 aliphatic rings. The van der Waals surface area contributed by atoms with Gasteiger partial charge in [0.15, 0.2) is 0 Å². The van der Waals surface area contributed by atoms with Crippen molar-refractivity contribution in [1.29, 1.82) is 0 Å². The maximum absolute atomic E-state index is 5.98. The van der Waals surface area contributed by atoms with Crippen LogP contribution in [-0.2, 0) is 0 Å². The molecule has 0 bridgehead atoms. The second-order valence-electron chi connectivity index (χ2n) is 5.23. The van der Waals surface area contributed by atoms with Gasteiger partial charge in [0.25, 0.3) is 0 Å². The van der Waals surface area contributed by atoms with Crippen LogP contribution in [0.4, 0.5) is 0 Å². The van der Waals surface area contributed by atoms with Gasteiger partial charge in [0.2, 0.25) is 0 Å². The fraction of sp³-hybridized carbons (Fsp3) is 0.412. The lowest BCUT2D eigenvalue weighted by Crippen LogP contribution is -2.33. The van der Waals surface area contributed by atoms with Crippen molar-refractivity contribution >= 4 is 23.2 Å². The molecular weight excluding hydrogens is 270 g/mol. The van der Waals surface area contributed by atoms with E-state index in [0.29, 0.717) is 0 Å². The zero-order chi connectivity index (χ0) is 12.9. The topological polar surface area (TPSA) is 12.5 Å². The first-order valence-electron chi connectivity index (χ1n) is 7.26. The Morgan fingerprint density at radius 1 is 0.900 bits per heavy atom. The van der Waals surface area contributed by atoms with Crippen LogP contribution < -0.4 is 4.74 Å². The number of fused-ring (bicyclic) bond motifs is 1. The monoisotopic (exact) mass is 291 g/mol. The lowest BCUT2D eigenvalue weighted by molar-refractivity contribution is 0.184. The maximum Gasteiger partial charge on any atom is 0.127 e. The number of hydrogen-bond donors (Lipinski definition) is 0. The second kappa shape index (κ2) is 7.51. The van der Waals surface area contributed by atoms with Crippen LogP contribution in [0.3, 0.4) is 0 Å². The van der Waals surface area contributed by atoms with Gasteiger partial charge in [-0.1, -0.05) is 42.8 Å². The summed E-state index contributed by atoms with van der Waals surface area (Å²) < 4.78 is 5.98. The van der Waals surface area contributed by atoms with Crippen LogP contribution in [0.5, 0.6) is 5.75 Å². The van der Waals surface area contributed by atoms with Crippen LogP contribution in [0, 0.1) is 0 Å². The molecule has 2 nitrogen and oxygen atoms in total. The lowest BCUT2D eigenvalue weighted by Gasteiger charge is -2.26. The average Bonchev–Trinajstić information content (AvgIpc) is 2.49. The number of likely N-dealkylation sites (tertiary alicyclic amines) is 1. The summed E-state index contributed by atoms with van der Waals surface area (Å²) in [5.74, 6) is 1.01. The van der Waals surface area contributed by atoms with Crippen molar-refractivity contribution in [2.45, 2.75) is 19.3 Å². The summed E-state index contributed by atoms with van der Waals surface area (Å²) in [5, 5.41) is 2.46. The van der Waals surface area contributed by atoms with Crippen LogP contribution in [0.25, 0.3) is 10.8 Å². The van der Waals surface area contributed by atoms with Gasteiger partial charge in [-0.3, -0.25) is 4.90 Å². The van der Waals surface area contributed by atoms with Gasteiger partial charge in [-0.15, -0.1) is 12.4 Å². The molecule has 1 heterocycles. The zero-order valence-electron chi connectivity index (χ0n) is 11.8. The predicted octanol–water partition coefficient (Wildman–Crippen LogP) is 4.13. The van der Waals surface area contributed by atoms with E-state index in [-0.39, 0.29) is 12.4 Å². The first kappa shape index (κ1) is 15.1. The molecule has 2 aromatic rings. The van der Waals surface area contributed by atoms with Gasteiger partial charge in [0.05, 0.1) is 0 Å². The van der Waals surface area contributed by atoms with Crippen LogP contribution in [-0.4, -0.2) is 31.1 Å².